The highest BCUT2D eigenvalue weighted by atomic mass is 35.5. The summed E-state index contributed by atoms with van der Waals surface area (Å²) in [7, 11) is 0. The van der Waals surface area contributed by atoms with Gasteiger partial charge < -0.3 is 10.6 Å². The number of amides is 1. The summed E-state index contributed by atoms with van der Waals surface area (Å²) in [6.45, 7) is -0.346. The normalized spacial score (nSPS) is 19.9. The molecule has 2 aromatic rings. The van der Waals surface area contributed by atoms with Gasteiger partial charge in [0.25, 0.3) is 12.3 Å². The number of benzene rings is 2. The molecular formula is C19H15Cl5F2N2O. The van der Waals surface area contributed by atoms with Crippen LogP contribution in [0.4, 0.5) is 14.5 Å². The monoisotopic (exact) mass is 500 g/mol. The van der Waals surface area contributed by atoms with Crippen molar-refractivity contribution in [3.63, 3.8) is 0 Å². The van der Waals surface area contributed by atoms with Crippen LogP contribution in [-0.2, 0) is 0 Å². The van der Waals surface area contributed by atoms with Crippen LogP contribution < -0.4 is 10.6 Å². The summed E-state index contributed by atoms with van der Waals surface area (Å²) in [5, 5.41) is 6.43. The minimum absolute atomic E-state index is 0.0919. The number of carbonyl (C=O) groups is 1. The standard InChI is InChI=1S/C19H15Cl5F2N2O/c20-10-3-9(4-11(21)5-10)17-14(19(17,23)24)7-27-12-1-2-15(22)13(6-12)18(29)28-8-16(25)26/h1-6,14,16-17,27H,7-8H2,(H,28,29). The van der Waals surface area contributed by atoms with Gasteiger partial charge in [-0.1, -0.05) is 34.8 Å². The topological polar surface area (TPSA) is 41.1 Å². The van der Waals surface area contributed by atoms with Gasteiger partial charge in [0.2, 0.25) is 0 Å². The van der Waals surface area contributed by atoms with Crippen molar-refractivity contribution in [1.82, 2.24) is 5.32 Å². The first-order chi connectivity index (χ1) is 13.6. The Kier molecular flexibility index (Phi) is 7.06. The summed E-state index contributed by atoms with van der Waals surface area (Å²) >= 11 is 31.0. The molecule has 1 amide bonds. The molecule has 0 radical (unpaired) electrons. The van der Waals surface area contributed by atoms with Crippen molar-refractivity contribution in [3.05, 3.63) is 62.6 Å². The number of carbonyl (C=O) groups excluding carboxylic acids is 1. The zero-order valence-corrected chi connectivity index (χ0v) is 18.4. The van der Waals surface area contributed by atoms with E-state index in [1.54, 1.807) is 24.3 Å². The Labute approximate surface area is 191 Å². The van der Waals surface area contributed by atoms with Crippen LogP contribution in [0.5, 0.6) is 0 Å². The number of nitrogens with one attached hydrogen (secondary N) is 2. The molecule has 0 saturated heterocycles. The zero-order chi connectivity index (χ0) is 21.3. The Balaban J connectivity index is 1.68. The molecule has 1 saturated carbocycles. The van der Waals surface area contributed by atoms with E-state index in [9.17, 15) is 13.6 Å². The third kappa shape index (κ3) is 5.39. The van der Waals surface area contributed by atoms with Crippen LogP contribution in [-0.4, -0.2) is 29.8 Å². The highest BCUT2D eigenvalue weighted by molar-refractivity contribution is 6.52. The van der Waals surface area contributed by atoms with Crippen molar-refractivity contribution in [1.29, 1.82) is 0 Å². The molecule has 2 aromatic carbocycles. The van der Waals surface area contributed by atoms with Crippen LogP contribution in [0.1, 0.15) is 21.8 Å². The van der Waals surface area contributed by atoms with E-state index >= 15 is 0 Å². The lowest BCUT2D eigenvalue weighted by molar-refractivity contribution is 0.0892. The molecule has 10 heteroatoms. The van der Waals surface area contributed by atoms with Gasteiger partial charge in [0.15, 0.2) is 0 Å². The zero-order valence-electron chi connectivity index (χ0n) is 14.7. The smallest absolute Gasteiger partial charge is 0.255 e. The minimum Gasteiger partial charge on any atom is -0.385 e. The Morgan fingerprint density at radius 3 is 2.34 bits per heavy atom. The fourth-order valence-corrected chi connectivity index (χ4v) is 4.74. The number of alkyl halides is 4. The predicted octanol–water partition coefficient (Wildman–Crippen LogP) is 6.64. The highest BCUT2D eigenvalue weighted by Gasteiger charge is 2.63. The van der Waals surface area contributed by atoms with Crippen LogP contribution in [0.3, 0.4) is 0 Å². The Morgan fingerprint density at radius 2 is 1.72 bits per heavy atom. The van der Waals surface area contributed by atoms with E-state index in [1.807, 2.05) is 0 Å². The van der Waals surface area contributed by atoms with Crippen molar-refractivity contribution in [3.8, 4) is 0 Å². The van der Waals surface area contributed by atoms with Gasteiger partial charge in [-0.15, -0.1) is 23.2 Å². The lowest BCUT2D eigenvalue weighted by atomic mass is 10.1. The first kappa shape index (κ1) is 22.7. The number of hydrogen-bond donors (Lipinski definition) is 2. The maximum Gasteiger partial charge on any atom is 0.255 e. The predicted molar refractivity (Wildman–Crippen MR) is 115 cm³/mol. The molecule has 0 bridgehead atoms. The molecular weight excluding hydrogens is 487 g/mol. The first-order valence-corrected chi connectivity index (χ1v) is 10.4. The van der Waals surface area contributed by atoms with Crippen molar-refractivity contribution < 1.29 is 13.6 Å². The molecule has 0 spiro atoms. The van der Waals surface area contributed by atoms with Crippen molar-refractivity contribution in [2.45, 2.75) is 16.7 Å². The Hall–Kier alpha value is -0.980. The van der Waals surface area contributed by atoms with E-state index in [0.717, 1.165) is 5.56 Å². The third-order valence-electron chi connectivity index (χ3n) is 4.60. The number of anilines is 1. The average Bonchev–Trinajstić information content (AvgIpc) is 3.18. The third-order valence-corrected chi connectivity index (χ3v) is 6.40. The summed E-state index contributed by atoms with van der Waals surface area (Å²) in [5.74, 6) is -0.983. The van der Waals surface area contributed by atoms with Crippen LogP contribution >= 0.6 is 58.0 Å². The number of hydrogen-bond acceptors (Lipinski definition) is 2. The molecule has 0 heterocycles. The number of rotatable bonds is 7. The van der Waals surface area contributed by atoms with Gasteiger partial charge in [-0.25, -0.2) is 8.78 Å². The molecule has 156 valence electrons. The first-order valence-electron chi connectivity index (χ1n) is 8.53. The molecule has 1 aliphatic carbocycles. The SMILES string of the molecule is O=C(NCC(F)F)c1cc(NCC2C(c3cc(Cl)cc(Cl)c3)C2(Cl)Cl)ccc1Cl. The molecule has 2 unspecified atom stereocenters. The van der Waals surface area contributed by atoms with Gasteiger partial charge >= 0.3 is 0 Å². The maximum absolute atomic E-state index is 12.3. The van der Waals surface area contributed by atoms with Gasteiger partial charge in [-0.05, 0) is 42.0 Å². The molecule has 0 aliphatic heterocycles. The van der Waals surface area contributed by atoms with Crippen LogP contribution in [0.15, 0.2) is 36.4 Å². The van der Waals surface area contributed by atoms with E-state index in [1.165, 1.54) is 12.1 Å². The van der Waals surface area contributed by atoms with Gasteiger partial charge in [0.05, 0.1) is 17.1 Å². The van der Waals surface area contributed by atoms with E-state index < -0.39 is 23.2 Å². The summed E-state index contributed by atoms with van der Waals surface area (Å²) in [4.78, 5) is 12.1. The quantitative estimate of drug-likeness (QED) is 0.417. The Morgan fingerprint density at radius 1 is 1.07 bits per heavy atom. The van der Waals surface area contributed by atoms with E-state index in [4.69, 9.17) is 58.0 Å². The van der Waals surface area contributed by atoms with E-state index in [2.05, 4.69) is 10.6 Å². The highest BCUT2D eigenvalue weighted by Crippen LogP contribution is 2.65. The van der Waals surface area contributed by atoms with Crippen molar-refractivity contribution >= 4 is 69.6 Å². The van der Waals surface area contributed by atoms with Gasteiger partial charge in [-0.2, -0.15) is 0 Å². The maximum atomic E-state index is 12.3. The molecule has 0 aromatic heterocycles. The van der Waals surface area contributed by atoms with Crippen LogP contribution in [0.25, 0.3) is 0 Å². The molecule has 3 rings (SSSR count). The summed E-state index contributed by atoms with van der Waals surface area (Å²) in [5.41, 5.74) is 1.51. The van der Waals surface area contributed by atoms with Crippen LogP contribution in [0, 0.1) is 5.92 Å². The lowest BCUT2D eigenvalue weighted by Gasteiger charge is -2.11. The fraction of sp³-hybridized carbons (Fsp3) is 0.316. The molecule has 3 nitrogen and oxygen atoms in total. The molecule has 2 N–H and O–H groups in total. The lowest BCUT2D eigenvalue weighted by Crippen LogP contribution is -2.28. The van der Waals surface area contributed by atoms with Crippen molar-refractivity contribution in [2.24, 2.45) is 5.92 Å². The van der Waals surface area contributed by atoms with Crippen molar-refractivity contribution in [2.75, 3.05) is 18.4 Å². The van der Waals surface area contributed by atoms with E-state index in [-0.39, 0.29) is 22.4 Å². The average molecular weight is 503 g/mol. The summed E-state index contributed by atoms with van der Waals surface area (Å²) < 4.78 is 23.6. The summed E-state index contributed by atoms with van der Waals surface area (Å²) in [6.07, 6.45) is -2.65. The summed E-state index contributed by atoms with van der Waals surface area (Å²) in [6, 6.07) is 9.83. The van der Waals surface area contributed by atoms with Gasteiger partial charge in [0, 0.05) is 34.1 Å². The largest absolute Gasteiger partial charge is 0.385 e. The minimum atomic E-state index is -2.65. The molecule has 29 heavy (non-hydrogen) atoms. The van der Waals surface area contributed by atoms with Gasteiger partial charge in [0.1, 0.15) is 4.33 Å². The van der Waals surface area contributed by atoms with Gasteiger partial charge in [-0.3, -0.25) is 4.79 Å². The second-order valence-electron chi connectivity index (χ2n) is 6.64. The molecule has 2 atom stereocenters. The van der Waals surface area contributed by atoms with Crippen LogP contribution in [0.2, 0.25) is 15.1 Å². The number of halogens is 7. The second-order valence-corrected chi connectivity index (χ2v) is 9.36. The molecule has 1 fully saturated rings. The van der Waals surface area contributed by atoms with E-state index in [0.29, 0.717) is 22.3 Å². The second kappa shape index (κ2) is 9.03. The Bertz CT molecular complexity index is 905. The fourth-order valence-electron chi connectivity index (χ4n) is 3.16. The molecule has 1 aliphatic rings.